The number of nitrogens with one attached hydrogen (secondary N) is 1. The van der Waals surface area contributed by atoms with Gasteiger partial charge in [0.25, 0.3) is 5.91 Å². The second-order valence-electron chi connectivity index (χ2n) is 10.9. The number of nitrogens with two attached hydrogens (primary N) is 1. The first-order chi connectivity index (χ1) is 21.2. The van der Waals surface area contributed by atoms with Crippen LogP contribution in [0.2, 0.25) is 5.02 Å². The molecule has 1 unspecified atom stereocenters. The van der Waals surface area contributed by atoms with Crippen LogP contribution in [0.3, 0.4) is 0 Å². The Labute approximate surface area is 263 Å². The summed E-state index contributed by atoms with van der Waals surface area (Å²) in [5.41, 5.74) is 8.58. The van der Waals surface area contributed by atoms with Crippen molar-refractivity contribution in [2.24, 2.45) is 5.73 Å². The van der Waals surface area contributed by atoms with Gasteiger partial charge < -0.3 is 20.4 Å². The van der Waals surface area contributed by atoms with E-state index < -0.39 is 34.2 Å². The first-order valence-electron chi connectivity index (χ1n) is 14.3. The lowest BCUT2D eigenvalue weighted by atomic mass is 10.0. The van der Waals surface area contributed by atoms with Crippen LogP contribution in [0.4, 0.5) is 13.2 Å². The Morgan fingerprint density at radius 1 is 1.20 bits per heavy atom. The summed E-state index contributed by atoms with van der Waals surface area (Å²) in [5, 5.41) is 13.0. The minimum absolute atomic E-state index is 0.116. The summed E-state index contributed by atoms with van der Waals surface area (Å²) >= 11 is 6.96. The molecule has 1 amide bonds. The lowest BCUT2D eigenvalue weighted by Gasteiger charge is -2.31. The van der Waals surface area contributed by atoms with Crippen LogP contribution in [-0.2, 0) is 30.9 Å². The van der Waals surface area contributed by atoms with Crippen molar-refractivity contribution in [1.29, 1.82) is 5.26 Å². The second-order valence-corrected chi connectivity index (χ2v) is 13.2. The molecular weight excluding hydrogens is 635 g/mol. The number of amides is 1. The Kier molecular flexibility index (Phi) is 10.8. The fourth-order valence-corrected chi connectivity index (χ4v) is 6.63. The van der Waals surface area contributed by atoms with Crippen LogP contribution in [-0.4, -0.2) is 67.3 Å². The fraction of sp³-hybridized carbons (Fsp3) is 0.433. The Morgan fingerprint density at radius 3 is 2.53 bits per heavy atom. The number of benzene rings is 2. The maximum Gasteiger partial charge on any atom is 0.490 e. The number of alkyl halides is 3. The molecule has 1 atom stereocenters. The molecule has 1 fully saturated rings. The Hall–Kier alpha value is -3.64. The molecule has 0 radical (unpaired) electrons. The number of hydrogen-bond acceptors (Lipinski definition) is 7. The molecule has 10 nitrogen and oxygen atoms in total. The van der Waals surface area contributed by atoms with Crippen molar-refractivity contribution in [3.8, 4) is 17.2 Å². The van der Waals surface area contributed by atoms with Crippen molar-refractivity contribution in [3.05, 3.63) is 58.7 Å². The van der Waals surface area contributed by atoms with Crippen LogP contribution >= 0.6 is 11.6 Å². The maximum absolute atomic E-state index is 12.9. The predicted molar refractivity (Wildman–Crippen MR) is 162 cm³/mol. The molecule has 4 rings (SSSR count). The number of carbonyl (C=O) groups is 2. The molecule has 15 heteroatoms. The predicted octanol–water partition coefficient (Wildman–Crippen LogP) is 4.65. The summed E-state index contributed by atoms with van der Waals surface area (Å²) in [5.74, 6) is -3.36. The molecule has 3 N–H and O–H groups in total. The monoisotopic (exact) mass is 667 g/mol. The molecule has 2 aromatic carbocycles. The number of aromatic nitrogens is 1. The normalized spacial score (nSPS) is 15.5. The minimum Gasteiger partial charge on any atom is -0.446 e. The fourth-order valence-electron chi connectivity index (χ4n) is 5.42. The Bertz CT molecular complexity index is 1710. The van der Waals surface area contributed by atoms with E-state index in [0.29, 0.717) is 49.0 Å². The highest BCUT2D eigenvalue weighted by atomic mass is 35.5. The van der Waals surface area contributed by atoms with Crippen LogP contribution in [0.1, 0.15) is 49.3 Å². The van der Waals surface area contributed by atoms with Gasteiger partial charge in [0.15, 0.2) is 6.10 Å². The van der Waals surface area contributed by atoms with Crippen LogP contribution in [0, 0.1) is 11.3 Å². The van der Waals surface area contributed by atoms with Gasteiger partial charge in [-0.05, 0) is 61.9 Å². The van der Waals surface area contributed by atoms with E-state index in [2.05, 4.69) is 16.1 Å². The number of nitriles is 1. The number of hydrogen-bond donors (Lipinski definition) is 2. The number of rotatable bonds is 11. The van der Waals surface area contributed by atoms with E-state index in [1.807, 2.05) is 22.9 Å². The number of ether oxygens (including phenoxy) is 1. The molecule has 242 valence electrons. The van der Waals surface area contributed by atoms with E-state index >= 15 is 0 Å². The largest absolute Gasteiger partial charge is 0.490 e. The third-order valence-electron chi connectivity index (χ3n) is 7.75. The van der Waals surface area contributed by atoms with Gasteiger partial charge in [-0.2, -0.15) is 18.4 Å². The topological polar surface area (TPSA) is 148 Å². The first kappa shape index (κ1) is 34.2. The van der Waals surface area contributed by atoms with Gasteiger partial charge in [-0.1, -0.05) is 35.9 Å². The SMILES string of the molecule is CS(=O)(=O)N1CCC(n2cc(-c3cccc(C#N)c3)c3ccc(CNC(=O)C(CCCCN)OC(=O)C(F)(F)F)c(Cl)c32)CC1. The van der Waals surface area contributed by atoms with Gasteiger partial charge in [-0.25, -0.2) is 17.5 Å². The van der Waals surface area contributed by atoms with Crippen molar-refractivity contribution < 1.29 is 35.9 Å². The summed E-state index contributed by atoms with van der Waals surface area (Å²) in [7, 11) is -3.35. The van der Waals surface area contributed by atoms with Crippen molar-refractivity contribution >= 4 is 44.4 Å². The van der Waals surface area contributed by atoms with Crippen LogP contribution in [0.5, 0.6) is 0 Å². The minimum atomic E-state index is -5.26. The van der Waals surface area contributed by atoms with Crippen molar-refractivity contribution in [2.45, 2.75) is 57.0 Å². The summed E-state index contributed by atoms with van der Waals surface area (Å²) in [6.07, 6.45) is -2.25. The van der Waals surface area contributed by atoms with Crippen molar-refractivity contribution in [2.75, 3.05) is 25.9 Å². The first-order valence-corrected chi connectivity index (χ1v) is 16.5. The Morgan fingerprint density at radius 2 is 1.91 bits per heavy atom. The summed E-state index contributed by atoms with van der Waals surface area (Å²) in [6, 6.07) is 12.6. The average Bonchev–Trinajstić information content (AvgIpc) is 3.40. The molecule has 1 aliphatic rings. The number of sulfonamides is 1. The molecule has 2 heterocycles. The van der Waals surface area contributed by atoms with Gasteiger partial charge in [-0.3, -0.25) is 4.79 Å². The number of nitrogens with zero attached hydrogens (tertiary/aromatic N) is 3. The van der Waals surface area contributed by atoms with E-state index in [4.69, 9.17) is 17.3 Å². The van der Waals surface area contributed by atoms with Gasteiger partial charge in [0.05, 0.1) is 28.4 Å². The van der Waals surface area contributed by atoms with Crippen LogP contribution < -0.4 is 11.1 Å². The third-order valence-corrected chi connectivity index (χ3v) is 9.47. The number of piperidine rings is 1. The molecule has 0 aliphatic carbocycles. The Balaban J connectivity index is 1.67. The zero-order valence-corrected chi connectivity index (χ0v) is 26.0. The molecule has 0 spiro atoms. The van der Waals surface area contributed by atoms with Gasteiger partial charge in [0.1, 0.15) is 0 Å². The van der Waals surface area contributed by atoms with E-state index in [0.717, 1.165) is 16.5 Å². The highest BCUT2D eigenvalue weighted by Gasteiger charge is 2.43. The average molecular weight is 668 g/mol. The smallest absolute Gasteiger partial charge is 0.446 e. The molecule has 45 heavy (non-hydrogen) atoms. The number of fused-ring (bicyclic) bond motifs is 1. The van der Waals surface area contributed by atoms with E-state index in [1.54, 1.807) is 24.3 Å². The highest BCUT2D eigenvalue weighted by Crippen LogP contribution is 2.40. The molecule has 0 saturated carbocycles. The zero-order valence-electron chi connectivity index (χ0n) is 24.4. The van der Waals surface area contributed by atoms with Crippen LogP contribution in [0.15, 0.2) is 42.6 Å². The molecule has 1 aliphatic heterocycles. The zero-order chi connectivity index (χ0) is 32.9. The highest BCUT2D eigenvalue weighted by molar-refractivity contribution is 7.88. The number of unbranched alkanes of at least 4 members (excludes halogenated alkanes) is 1. The van der Waals surface area contributed by atoms with Gasteiger partial charge in [0.2, 0.25) is 10.0 Å². The standard InChI is InChI=1S/C30H33ClF3N5O5S/c1-45(42,43)38-13-10-22(11-14-38)39-18-24(20-6-4-5-19(15-20)16-36)23-9-8-21(26(31)27(23)39)17-37-28(40)25(7-2-3-12-35)44-29(41)30(32,33)34/h4-6,8-9,15,18,22,25H,2-3,7,10-14,17,35H2,1H3,(H,37,40). The molecule has 0 bridgehead atoms. The molecule has 1 saturated heterocycles. The lowest BCUT2D eigenvalue weighted by molar-refractivity contribution is -0.205. The van der Waals surface area contributed by atoms with Gasteiger partial charge in [0, 0.05) is 42.8 Å². The number of carbonyl (C=O) groups excluding carboxylic acids is 2. The second kappa shape index (κ2) is 14.2. The van der Waals surface area contributed by atoms with Crippen molar-refractivity contribution in [3.63, 3.8) is 0 Å². The number of esters is 1. The third kappa shape index (κ3) is 8.15. The summed E-state index contributed by atoms with van der Waals surface area (Å²) in [4.78, 5) is 24.4. The van der Waals surface area contributed by atoms with Crippen molar-refractivity contribution in [1.82, 2.24) is 14.2 Å². The van der Waals surface area contributed by atoms with E-state index in [-0.39, 0.29) is 37.0 Å². The lowest BCUT2D eigenvalue weighted by Crippen LogP contribution is -2.40. The molecular formula is C30H33ClF3N5O5S. The van der Waals surface area contributed by atoms with Gasteiger partial charge >= 0.3 is 12.1 Å². The summed E-state index contributed by atoms with van der Waals surface area (Å²) < 4.78 is 70.7. The summed E-state index contributed by atoms with van der Waals surface area (Å²) in [6.45, 7) is 0.727. The maximum atomic E-state index is 12.9. The van der Waals surface area contributed by atoms with E-state index in [1.165, 1.54) is 10.6 Å². The van der Waals surface area contributed by atoms with Crippen LogP contribution in [0.25, 0.3) is 22.0 Å². The molecule has 3 aromatic rings. The van der Waals surface area contributed by atoms with Gasteiger partial charge in [-0.15, -0.1) is 0 Å². The van der Waals surface area contributed by atoms with E-state index in [9.17, 15) is 36.4 Å². The molecule has 1 aromatic heterocycles. The quantitative estimate of drug-likeness (QED) is 0.224. The number of halogens is 4.